The van der Waals surface area contributed by atoms with E-state index in [1.54, 1.807) is 0 Å². The van der Waals surface area contributed by atoms with Crippen LogP contribution in [0.3, 0.4) is 0 Å². The van der Waals surface area contributed by atoms with E-state index < -0.39 is 0 Å². The van der Waals surface area contributed by atoms with Crippen molar-refractivity contribution in [3.05, 3.63) is 42.1 Å². The van der Waals surface area contributed by atoms with E-state index in [0.717, 1.165) is 61.8 Å². The Balaban J connectivity index is 1.29. The molecule has 0 spiro atoms. The number of benzene rings is 1. The first-order valence-corrected chi connectivity index (χ1v) is 9.82. The molecule has 0 amide bonds. The fourth-order valence-electron chi connectivity index (χ4n) is 3.61. The third kappa shape index (κ3) is 4.58. The molecule has 1 N–H and O–H groups in total. The third-order valence-corrected chi connectivity index (χ3v) is 5.06. The van der Waals surface area contributed by atoms with Gasteiger partial charge in [0.25, 0.3) is 0 Å². The molecule has 0 unspecified atom stereocenters. The summed E-state index contributed by atoms with van der Waals surface area (Å²) in [4.78, 5) is 2.49. The first-order chi connectivity index (χ1) is 13.3. The van der Waals surface area contributed by atoms with Crippen molar-refractivity contribution in [2.45, 2.75) is 19.4 Å². The van der Waals surface area contributed by atoms with Gasteiger partial charge in [-0.15, -0.1) is 0 Å². The molecule has 144 valence electrons. The van der Waals surface area contributed by atoms with Crippen molar-refractivity contribution in [3.8, 4) is 11.5 Å². The van der Waals surface area contributed by atoms with Crippen LogP contribution in [-0.4, -0.2) is 54.1 Å². The molecule has 4 rings (SSSR count). The average molecular weight is 368 g/mol. The van der Waals surface area contributed by atoms with Gasteiger partial charge in [-0.25, -0.2) is 0 Å². The van der Waals surface area contributed by atoms with Crippen LogP contribution in [0, 0.1) is 0 Å². The number of para-hydroxylation sites is 1. The van der Waals surface area contributed by atoms with Crippen molar-refractivity contribution >= 4 is 11.0 Å². The van der Waals surface area contributed by atoms with Crippen LogP contribution in [-0.2, 0) is 18.3 Å². The highest BCUT2D eigenvalue weighted by Crippen LogP contribution is 2.28. The Morgan fingerprint density at radius 3 is 2.85 bits per heavy atom. The zero-order chi connectivity index (χ0) is 18.5. The number of furan rings is 1. The molecule has 1 aliphatic rings. The van der Waals surface area contributed by atoms with E-state index >= 15 is 0 Å². The van der Waals surface area contributed by atoms with Gasteiger partial charge in [0.2, 0.25) is 0 Å². The second-order valence-corrected chi connectivity index (χ2v) is 7.16. The van der Waals surface area contributed by atoms with Crippen LogP contribution in [0.4, 0.5) is 0 Å². The third-order valence-electron chi connectivity index (χ3n) is 5.06. The SMILES string of the molecule is Cn1cc(CNCCCCN2CCOCC2)c(-c2cc3ccccc3o2)n1. The number of fused-ring (bicyclic) bond motifs is 1. The number of hydrogen-bond donors (Lipinski definition) is 1. The standard InChI is InChI=1S/C21H28N4O2/c1-24-16-18(15-22-8-4-5-9-25-10-12-26-13-11-25)21(23-24)20-14-17-6-2-3-7-19(17)27-20/h2-3,6-7,14,16,22H,4-5,8-13,15H2,1H3. The van der Waals surface area contributed by atoms with Crippen LogP contribution in [0.15, 0.2) is 40.9 Å². The summed E-state index contributed by atoms with van der Waals surface area (Å²) in [5.74, 6) is 0.834. The lowest BCUT2D eigenvalue weighted by molar-refractivity contribution is 0.0372. The molecule has 1 aromatic carbocycles. The van der Waals surface area contributed by atoms with E-state index in [4.69, 9.17) is 9.15 Å². The molecule has 0 bridgehead atoms. The smallest absolute Gasteiger partial charge is 0.156 e. The minimum absolute atomic E-state index is 0.803. The second-order valence-electron chi connectivity index (χ2n) is 7.16. The first kappa shape index (κ1) is 18.2. The number of unbranched alkanes of at least 4 members (excludes halogenated alkanes) is 1. The molecule has 2 aromatic heterocycles. The highest BCUT2D eigenvalue weighted by atomic mass is 16.5. The molecule has 3 heterocycles. The summed E-state index contributed by atoms with van der Waals surface area (Å²) in [5.41, 5.74) is 3.00. The van der Waals surface area contributed by atoms with Gasteiger partial charge in [0, 0.05) is 43.8 Å². The topological polar surface area (TPSA) is 55.5 Å². The molecule has 27 heavy (non-hydrogen) atoms. The van der Waals surface area contributed by atoms with Crippen molar-refractivity contribution in [1.29, 1.82) is 0 Å². The molecule has 6 heteroatoms. The van der Waals surface area contributed by atoms with E-state index in [1.165, 1.54) is 24.9 Å². The van der Waals surface area contributed by atoms with Gasteiger partial charge in [-0.3, -0.25) is 9.58 Å². The molecule has 0 atom stereocenters. The number of nitrogens with zero attached hydrogens (tertiary/aromatic N) is 3. The molecule has 1 aliphatic heterocycles. The number of rotatable bonds is 8. The Morgan fingerprint density at radius 1 is 1.15 bits per heavy atom. The first-order valence-electron chi connectivity index (χ1n) is 9.82. The summed E-state index contributed by atoms with van der Waals surface area (Å²) >= 11 is 0. The maximum atomic E-state index is 6.00. The lowest BCUT2D eigenvalue weighted by Crippen LogP contribution is -2.37. The molecule has 1 saturated heterocycles. The minimum atomic E-state index is 0.803. The van der Waals surface area contributed by atoms with Gasteiger partial charge < -0.3 is 14.5 Å². The molecule has 6 nitrogen and oxygen atoms in total. The highest BCUT2D eigenvalue weighted by molar-refractivity contribution is 5.82. The highest BCUT2D eigenvalue weighted by Gasteiger charge is 2.14. The predicted octanol–water partition coefficient (Wildman–Crippen LogP) is 3.04. The predicted molar refractivity (Wildman–Crippen MR) is 107 cm³/mol. The Kier molecular flexibility index (Phi) is 5.87. The second kappa shape index (κ2) is 8.69. The van der Waals surface area contributed by atoms with Crippen LogP contribution in [0.2, 0.25) is 0 Å². The summed E-state index contributed by atoms with van der Waals surface area (Å²) < 4.78 is 13.3. The number of hydrogen-bond acceptors (Lipinski definition) is 5. The van der Waals surface area contributed by atoms with Crippen molar-refractivity contribution in [2.24, 2.45) is 7.05 Å². The van der Waals surface area contributed by atoms with Gasteiger partial charge in [0.1, 0.15) is 11.3 Å². The number of ether oxygens (including phenoxy) is 1. The average Bonchev–Trinajstić information content (AvgIpc) is 3.28. The molecule has 0 saturated carbocycles. The van der Waals surface area contributed by atoms with Crippen LogP contribution < -0.4 is 5.32 Å². The number of aryl methyl sites for hydroxylation is 1. The molecular weight excluding hydrogens is 340 g/mol. The zero-order valence-corrected chi connectivity index (χ0v) is 16.0. The van der Waals surface area contributed by atoms with E-state index in [0.29, 0.717) is 0 Å². The van der Waals surface area contributed by atoms with Crippen molar-refractivity contribution < 1.29 is 9.15 Å². The summed E-state index contributed by atoms with van der Waals surface area (Å²) in [6.45, 7) is 6.89. The van der Waals surface area contributed by atoms with E-state index in [2.05, 4.69) is 33.6 Å². The molecule has 1 fully saturated rings. The number of nitrogens with one attached hydrogen (secondary N) is 1. The largest absolute Gasteiger partial charge is 0.454 e. The van der Waals surface area contributed by atoms with E-state index in [-0.39, 0.29) is 0 Å². The quantitative estimate of drug-likeness (QED) is 0.620. The maximum absolute atomic E-state index is 6.00. The zero-order valence-electron chi connectivity index (χ0n) is 16.0. The van der Waals surface area contributed by atoms with Crippen LogP contribution in [0.25, 0.3) is 22.4 Å². The van der Waals surface area contributed by atoms with Crippen molar-refractivity contribution in [3.63, 3.8) is 0 Å². The van der Waals surface area contributed by atoms with Gasteiger partial charge >= 0.3 is 0 Å². The van der Waals surface area contributed by atoms with Crippen LogP contribution in [0.5, 0.6) is 0 Å². The fraction of sp³-hybridized carbons (Fsp3) is 0.476. The van der Waals surface area contributed by atoms with Gasteiger partial charge in [-0.1, -0.05) is 18.2 Å². The summed E-state index contributed by atoms with van der Waals surface area (Å²) in [5, 5.41) is 9.29. The molecule has 0 radical (unpaired) electrons. The van der Waals surface area contributed by atoms with Gasteiger partial charge in [0.05, 0.1) is 13.2 Å². The lowest BCUT2D eigenvalue weighted by atomic mass is 10.2. The monoisotopic (exact) mass is 368 g/mol. The van der Waals surface area contributed by atoms with Gasteiger partial charge in [-0.2, -0.15) is 5.10 Å². The Morgan fingerprint density at radius 2 is 2.00 bits per heavy atom. The van der Waals surface area contributed by atoms with E-state index in [9.17, 15) is 0 Å². The molecule has 3 aromatic rings. The van der Waals surface area contributed by atoms with Crippen molar-refractivity contribution in [2.75, 3.05) is 39.4 Å². The lowest BCUT2D eigenvalue weighted by Gasteiger charge is -2.26. The Labute approximate surface area is 160 Å². The summed E-state index contributed by atoms with van der Waals surface area (Å²) in [6.07, 6.45) is 4.47. The molecule has 0 aliphatic carbocycles. The van der Waals surface area contributed by atoms with E-state index in [1.807, 2.05) is 29.9 Å². The van der Waals surface area contributed by atoms with Gasteiger partial charge in [0.15, 0.2) is 5.76 Å². The Bertz CT molecular complexity index is 831. The van der Waals surface area contributed by atoms with Gasteiger partial charge in [-0.05, 0) is 38.1 Å². The normalized spacial score (nSPS) is 15.6. The Hall–Kier alpha value is -2.15. The number of morpholine rings is 1. The number of aromatic nitrogens is 2. The maximum Gasteiger partial charge on any atom is 0.156 e. The van der Waals surface area contributed by atoms with Crippen molar-refractivity contribution in [1.82, 2.24) is 20.0 Å². The molecular formula is C21H28N4O2. The fourth-order valence-corrected chi connectivity index (χ4v) is 3.61. The van der Waals surface area contributed by atoms with Crippen LogP contribution >= 0.6 is 0 Å². The van der Waals surface area contributed by atoms with Crippen LogP contribution in [0.1, 0.15) is 18.4 Å². The minimum Gasteiger partial charge on any atom is -0.454 e. The summed E-state index contributed by atoms with van der Waals surface area (Å²) in [6, 6.07) is 10.2. The summed E-state index contributed by atoms with van der Waals surface area (Å²) in [7, 11) is 1.96.